The van der Waals surface area contributed by atoms with Crippen LogP contribution in [0.15, 0.2) is 28.7 Å². The van der Waals surface area contributed by atoms with Crippen molar-refractivity contribution in [2.75, 3.05) is 0 Å². The summed E-state index contributed by atoms with van der Waals surface area (Å²) in [6, 6.07) is 8.46. The Bertz CT molecular complexity index is 499. The van der Waals surface area contributed by atoms with Crippen LogP contribution in [0.4, 0.5) is 0 Å². The van der Waals surface area contributed by atoms with Crippen LogP contribution in [-0.2, 0) is 6.42 Å². The maximum atomic E-state index is 5.91. The Hall–Kier alpha value is -0.760. The fourth-order valence-electron chi connectivity index (χ4n) is 2.00. The summed E-state index contributed by atoms with van der Waals surface area (Å²) in [4.78, 5) is 0.566. The number of benzene rings is 1. The van der Waals surface area contributed by atoms with Gasteiger partial charge < -0.3 is 4.42 Å². The molecule has 1 unspecified atom stereocenters. The van der Waals surface area contributed by atoms with E-state index in [-0.39, 0.29) is 0 Å². The van der Waals surface area contributed by atoms with Crippen LogP contribution in [0.2, 0.25) is 0 Å². The van der Waals surface area contributed by atoms with Gasteiger partial charge in [-0.3, -0.25) is 0 Å². The van der Waals surface area contributed by atoms with E-state index in [4.69, 9.17) is 4.42 Å². The topological polar surface area (TPSA) is 13.1 Å². The standard InChI is InChI=1S/C15H19BrO/c1-10(2)14(16)8-7-13-9-12-6-4-5-11(3)15(12)17-13/h4-6,9-10,14H,7-8H2,1-3H3. The van der Waals surface area contributed by atoms with E-state index in [2.05, 4.69) is 61.0 Å². The molecule has 0 aliphatic carbocycles. The van der Waals surface area contributed by atoms with Crippen LogP contribution in [0.5, 0.6) is 0 Å². The molecule has 0 spiro atoms. The lowest BCUT2D eigenvalue weighted by atomic mass is 10.1. The Morgan fingerprint density at radius 3 is 2.71 bits per heavy atom. The average Bonchev–Trinajstić information content (AvgIpc) is 2.70. The molecule has 0 N–H and O–H groups in total. The summed E-state index contributed by atoms with van der Waals surface area (Å²) in [5.41, 5.74) is 2.26. The number of alkyl halides is 1. The molecule has 0 aliphatic rings. The third-order valence-corrected chi connectivity index (χ3v) is 4.70. The van der Waals surface area contributed by atoms with Gasteiger partial charge in [0.25, 0.3) is 0 Å². The Balaban J connectivity index is 2.12. The van der Waals surface area contributed by atoms with Gasteiger partial charge in [-0.15, -0.1) is 0 Å². The summed E-state index contributed by atoms with van der Waals surface area (Å²) in [6.07, 6.45) is 2.12. The lowest BCUT2D eigenvalue weighted by Gasteiger charge is -2.11. The first-order chi connectivity index (χ1) is 8.08. The summed E-state index contributed by atoms with van der Waals surface area (Å²) in [5.74, 6) is 1.76. The fraction of sp³-hybridized carbons (Fsp3) is 0.467. The van der Waals surface area contributed by atoms with Crippen molar-refractivity contribution in [1.29, 1.82) is 0 Å². The van der Waals surface area contributed by atoms with E-state index in [1.807, 2.05) is 0 Å². The Labute approximate surface area is 111 Å². The zero-order valence-electron chi connectivity index (χ0n) is 10.7. The molecule has 2 heteroatoms. The first kappa shape index (κ1) is 12.7. The lowest BCUT2D eigenvalue weighted by molar-refractivity contribution is 0.510. The molecule has 92 valence electrons. The number of furan rings is 1. The molecule has 0 aliphatic heterocycles. The highest BCUT2D eigenvalue weighted by atomic mass is 79.9. The van der Waals surface area contributed by atoms with Crippen LogP contribution in [-0.4, -0.2) is 4.83 Å². The highest BCUT2D eigenvalue weighted by Gasteiger charge is 2.11. The number of rotatable bonds is 4. The second-order valence-electron chi connectivity index (χ2n) is 5.00. The van der Waals surface area contributed by atoms with Crippen LogP contribution in [0.3, 0.4) is 0 Å². The number of hydrogen-bond acceptors (Lipinski definition) is 1. The molecule has 1 atom stereocenters. The van der Waals surface area contributed by atoms with E-state index in [0.29, 0.717) is 10.7 Å². The van der Waals surface area contributed by atoms with E-state index in [1.54, 1.807) is 0 Å². The Morgan fingerprint density at radius 2 is 2.06 bits per heavy atom. The molecule has 1 nitrogen and oxygen atoms in total. The highest BCUT2D eigenvalue weighted by Crippen LogP contribution is 2.25. The molecule has 1 heterocycles. The Kier molecular flexibility index (Phi) is 3.93. The number of para-hydroxylation sites is 1. The third kappa shape index (κ3) is 2.92. The van der Waals surface area contributed by atoms with E-state index in [1.165, 1.54) is 10.9 Å². The van der Waals surface area contributed by atoms with Crippen LogP contribution in [0.1, 0.15) is 31.6 Å². The Morgan fingerprint density at radius 1 is 1.29 bits per heavy atom. The van der Waals surface area contributed by atoms with Gasteiger partial charge in [-0.05, 0) is 30.9 Å². The number of halogens is 1. The van der Waals surface area contributed by atoms with Gasteiger partial charge in [-0.1, -0.05) is 48.0 Å². The predicted molar refractivity (Wildman–Crippen MR) is 76.8 cm³/mol. The second kappa shape index (κ2) is 5.26. The van der Waals surface area contributed by atoms with Crippen molar-refractivity contribution in [1.82, 2.24) is 0 Å². The molecule has 0 amide bonds. The summed E-state index contributed by atoms with van der Waals surface area (Å²) in [7, 11) is 0. The van der Waals surface area contributed by atoms with Crippen molar-refractivity contribution in [3.63, 3.8) is 0 Å². The van der Waals surface area contributed by atoms with Crippen molar-refractivity contribution in [3.05, 3.63) is 35.6 Å². The van der Waals surface area contributed by atoms with Crippen molar-refractivity contribution >= 4 is 26.9 Å². The van der Waals surface area contributed by atoms with Gasteiger partial charge in [0.05, 0.1) is 0 Å². The van der Waals surface area contributed by atoms with Gasteiger partial charge in [-0.2, -0.15) is 0 Å². The summed E-state index contributed by atoms with van der Waals surface area (Å²) < 4.78 is 5.91. The normalized spacial score (nSPS) is 13.5. The second-order valence-corrected chi connectivity index (χ2v) is 6.18. The van der Waals surface area contributed by atoms with Crippen molar-refractivity contribution in [2.45, 2.75) is 38.4 Å². The molecule has 0 fully saturated rings. The highest BCUT2D eigenvalue weighted by molar-refractivity contribution is 9.09. The molecule has 0 saturated carbocycles. The molecular weight excluding hydrogens is 276 g/mol. The monoisotopic (exact) mass is 294 g/mol. The maximum Gasteiger partial charge on any atom is 0.137 e. The SMILES string of the molecule is Cc1cccc2cc(CCC(Br)C(C)C)oc12. The number of aryl methyl sites for hydroxylation is 2. The summed E-state index contributed by atoms with van der Waals surface area (Å²) in [5, 5.41) is 1.22. The van der Waals surface area contributed by atoms with E-state index in [0.717, 1.165) is 24.2 Å². The van der Waals surface area contributed by atoms with E-state index < -0.39 is 0 Å². The predicted octanol–water partition coefficient (Wildman–Crippen LogP) is 5.09. The first-order valence-corrected chi connectivity index (χ1v) is 7.11. The molecule has 2 aromatic rings. The third-order valence-electron chi connectivity index (χ3n) is 3.18. The van der Waals surface area contributed by atoms with Crippen LogP contribution in [0.25, 0.3) is 11.0 Å². The zero-order valence-corrected chi connectivity index (χ0v) is 12.3. The van der Waals surface area contributed by atoms with Crippen LogP contribution in [0, 0.1) is 12.8 Å². The van der Waals surface area contributed by atoms with Gasteiger partial charge >= 0.3 is 0 Å². The minimum atomic E-state index is 0.566. The molecular formula is C15H19BrO. The van der Waals surface area contributed by atoms with Gasteiger partial charge in [0.15, 0.2) is 0 Å². The molecule has 0 radical (unpaired) electrons. The average molecular weight is 295 g/mol. The minimum Gasteiger partial charge on any atom is -0.461 e. The first-order valence-electron chi connectivity index (χ1n) is 6.20. The van der Waals surface area contributed by atoms with E-state index >= 15 is 0 Å². The van der Waals surface area contributed by atoms with Gasteiger partial charge in [0.1, 0.15) is 11.3 Å². The molecule has 1 aromatic heterocycles. The zero-order chi connectivity index (χ0) is 12.4. The van der Waals surface area contributed by atoms with Gasteiger partial charge in [-0.25, -0.2) is 0 Å². The smallest absolute Gasteiger partial charge is 0.137 e. The van der Waals surface area contributed by atoms with Crippen molar-refractivity contribution in [2.24, 2.45) is 5.92 Å². The maximum absolute atomic E-state index is 5.91. The molecule has 17 heavy (non-hydrogen) atoms. The lowest BCUT2D eigenvalue weighted by Crippen LogP contribution is -2.07. The molecule has 2 rings (SSSR count). The van der Waals surface area contributed by atoms with Crippen LogP contribution >= 0.6 is 15.9 Å². The summed E-state index contributed by atoms with van der Waals surface area (Å²) in [6.45, 7) is 6.57. The van der Waals surface area contributed by atoms with E-state index in [9.17, 15) is 0 Å². The number of hydrogen-bond donors (Lipinski definition) is 0. The number of fused-ring (bicyclic) bond motifs is 1. The largest absolute Gasteiger partial charge is 0.461 e. The molecule has 0 saturated heterocycles. The van der Waals surface area contributed by atoms with Crippen molar-refractivity contribution in [3.8, 4) is 0 Å². The molecule has 1 aromatic carbocycles. The van der Waals surface area contributed by atoms with Gasteiger partial charge in [0, 0.05) is 16.6 Å². The van der Waals surface area contributed by atoms with Gasteiger partial charge in [0.2, 0.25) is 0 Å². The quantitative estimate of drug-likeness (QED) is 0.716. The van der Waals surface area contributed by atoms with Crippen molar-refractivity contribution < 1.29 is 4.42 Å². The minimum absolute atomic E-state index is 0.566. The summed E-state index contributed by atoms with van der Waals surface area (Å²) >= 11 is 3.72. The molecule has 0 bridgehead atoms. The fourth-order valence-corrected chi connectivity index (χ4v) is 2.23. The van der Waals surface area contributed by atoms with Crippen LogP contribution < -0.4 is 0 Å².